The van der Waals surface area contributed by atoms with Gasteiger partial charge in [0.1, 0.15) is 0 Å². The molecule has 2 aromatic heterocycles. The number of nitrogens with two attached hydrogens (primary N) is 1. The highest BCUT2D eigenvalue weighted by molar-refractivity contribution is 7.92. The molecule has 46 heavy (non-hydrogen) atoms. The number of ether oxygens (including phenoxy) is 1. The Bertz CT molecular complexity index is 1880. The molecule has 0 radical (unpaired) electrons. The van der Waals surface area contributed by atoms with Crippen molar-refractivity contribution in [3.8, 4) is 0 Å². The highest BCUT2D eigenvalue weighted by Crippen LogP contribution is 2.25. The number of Topliss-reactive ketones (excluding diaryl/α,β-unsaturated/α-hetero) is 1. The van der Waals surface area contributed by atoms with Gasteiger partial charge >= 0.3 is 5.69 Å². The van der Waals surface area contributed by atoms with E-state index in [-0.39, 0.29) is 34.2 Å². The van der Waals surface area contributed by atoms with Crippen LogP contribution in [0.2, 0.25) is 0 Å². The van der Waals surface area contributed by atoms with Crippen LogP contribution in [-0.4, -0.2) is 89.1 Å². The maximum absolute atomic E-state index is 14.0. The Morgan fingerprint density at radius 3 is 2.59 bits per heavy atom. The number of piperidine rings is 1. The number of imidazole rings is 1. The number of hydrazine groups is 1. The van der Waals surface area contributed by atoms with Gasteiger partial charge in [-0.15, -0.1) is 6.58 Å². The average molecular weight is 655 g/mol. The number of carbonyl (C=O) groups is 1. The second-order valence-electron chi connectivity index (χ2n) is 11.9. The number of sulfonamides is 1. The summed E-state index contributed by atoms with van der Waals surface area (Å²) >= 11 is 0. The summed E-state index contributed by atoms with van der Waals surface area (Å²) in [5.41, 5.74) is 6.84. The summed E-state index contributed by atoms with van der Waals surface area (Å²) in [6.07, 6.45) is 5.05. The van der Waals surface area contributed by atoms with Gasteiger partial charge in [0.2, 0.25) is 5.95 Å². The Balaban J connectivity index is 1.56. The summed E-state index contributed by atoms with van der Waals surface area (Å²) in [6.45, 7) is 9.96. The van der Waals surface area contributed by atoms with Crippen molar-refractivity contribution in [3.63, 3.8) is 0 Å². The van der Waals surface area contributed by atoms with Crippen molar-refractivity contribution in [2.45, 2.75) is 45.8 Å². The molecule has 5 rings (SSSR count). The molecular weight excluding hydrogens is 612 g/mol. The number of fused-ring (bicyclic) bond motifs is 1. The Hall–Kier alpha value is -4.05. The van der Waals surface area contributed by atoms with Crippen LogP contribution in [0.1, 0.15) is 37.0 Å². The lowest BCUT2D eigenvalue weighted by Gasteiger charge is -2.37. The molecular formula is C31H42N8O6S. The summed E-state index contributed by atoms with van der Waals surface area (Å²) in [6, 6.07) is 6.13. The number of morpholine rings is 1. The van der Waals surface area contributed by atoms with Crippen molar-refractivity contribution in [1.29, 1.82) is 0 Å². The van der Waals surface area contributed by atoms with Crippen molar-refractivity contribution in [2.24, 2.45) is 12.8 Å². The molecule has 1 aromatic carbocycles. The molecule has 0 amide bonds. The monoisotopic (exact) mass is 654 g/mol. The maximum Gasteiger partial charge on any atom is 0.332 e. The first-order chi connectivity index (χ1) is 21.9. The molecule has 14 nitrogen and oxygen atoms in total. The molecule has 0 bridgehead atoms. The van der Waals surface area contributed by atoms with Crippen LogP contribution in [0.4, 0.5) is 11.6 Å². The van der Waals surface area contributed by atoms with Gasteiger partial charge < -0.3 is 19.9 Å². The second kappa shape index (κ2) is 13.7. The van der Waals surface area contributed by atoms with Crippen LogP contribution in [-0.2, 0) is 34.9 Å². The number of aromatic nitrogens is 4. The van der Waals surface area contributed by atoms with Crippen molar-refractivity contribution in [3.05, 3.63) is 75.0 Å². The number of anilines is 2. The molecule has 1 unspecified atom stereocenters. The number of aryl methyl sites for hydroxylation is 1. The molecule has 2 aliphatic rings. The summed E-state index contributed by atoms with van der Waals surface area (Å²) < 4.78 is 37.2. The van der Waals surface area contributed by atoms with Crippen LogP contribution < -0.4 is 26.3 Å². The molecule has 4 heterocycles. The van der Waals surface area contributed by atoms with Gasteiger partial charge in [0.15, 0.2) is 16.9 Å². The summed E-state index contributed by atoms with van der Waals surface area (Å²) in [5, 5.41) is 1.65. The van der Waals surface area contributed by atoms with E-state index in [0.29, 0.717) is 51.9 Å². The third-order valence-electron chi connectivity index (χ3n) is 8.16. The van der Waals surface area contributed by atoms with E-state index in [1.165, 1.54) is 34.2 Å². The number of carbonyl (C=O) groups excluding carboxylic acids is 1. The first-order valence-electron chi connectivity index (χ1n) is 15.4. The lowest BCUT2D eigenvalue weighted by molar-refractivity contribution is 0.0409. The van der Waals surface area contributed by atoms with Crippen LogP contribution in [0.15, 0.2) is 58.2 Å². The molecule has 3 aromatic rings. The van der Waals surface area contributed by atoms with Crippen molar-refractivity contribution in [1.82, 2.24) is 23.7 Å². The minimum Gasteiger partial charge on any atom is -0.379 e. The molecule has 15 heteroatoms. The minimum atomic E-state index is -3.86. The van der Waals surface area contributed by atoms with E-state index in [4.69, 9.17) is 15.5 Å². The number of ketones is 1. The number of nitrogens with zero attached hydrogens (tertiary/aromatic N) is 7. The summed E-state index contributed by atoms with van der Waals surface area (Å²) in [4.78, 5) is 48.1. The molecule has 0 aliphatic carbocycles. The Kier molecular flexibility index (Phi) is 9.96. The van der Waals surface area contributed by atoms with Crippen LogP contribution in [0, 0.1) is 0 Å². The van der Waals surface area contributed by atoms with Gasteiger partial charge in [0.25, 0.3) is 15.6 Å². The molecule has 2 N–H and O–H groups in total. The van der Waals surface area contributed by atoms with E-state index in [1.807, 2.05) is 24.8 Å². The summed E-state index contributed by atoms with van der Waals surface area (Å²) in [7, 11) is -2.33. The fraction of sp³-hybridized carbons (Fsp3) is 0.484. The normalized spacial score (nSPS) is 17.7. The van der Waals surface area contributed by atoms with Gasteiger partial charge in [-0.2, -0.15) is 9.40 Å². The van der Waals surface area contributed by atoms with E-state index < -0.39 is 33.6 Å². The van der Waals surface area contributed by atoms with Crippen molar-refractivity contribution >= 4 is 38.6 Å². The third-order valence-corrected chi connectivity index (χ3v) is 9.79. The summed E-state index contributed by atoms with van der Waals surface area (Å²) in [5.74, 6) is -0.281. The minimum absolute atomic E-state index is 0.0368. The van der Waals surface area contributed by atoms with Gasteiger partial charge in [-0.1, -0.05) is 29.9 Å². The number of allylic oxidation sites excluding steroid dienone is 2. The Morgan fingerprint density at radius 2 is 1.91 bits per heavy atom. The third kappa shape index (κ3) is 6.72. The second-order valence-corrected chi connectivity index (χ2v) is 13.8. The van der Waals surface area contributed by atoms with E-state index in [2.05, 4.69) is 6.58 Å². The lowest BCUT2D eigenvalue weighted by atomic mass is 10.1. The molecule has 248 valence electrons. The zero-order valence-electron chi connectivity index (χ0n) is 26.6. The Morgan fingerprint density at radius 1 is 1.17 bits per heavy atom. The van der Waals surface area contributed by atoms with Gasteiger partial charge in [0.05, 0.1) is 31.2 Å². The largest absolute Gasteiger partial charge is 0.379 e. The molecule has 2 saturated heterocycles. The standard InChI is InChI=1S/C31H42N8O6S/c1-5-18-46(43,44)39(36-14-16-45-17-15-36)25-10-6-8-23(19-25)26(40)21-38-29(41)27-28(34(4)31(38)42)33-30(37(27)13-11-22(2)3)35-12-7-9-24(32)20-35/h5-6,8,10-11,19,24H,1,7,9,12-18,20-21,32H2,2-4H3. The van der Waals surface area contributed by atoms with Crippen LogP contribution in [0.25, 0.3) is 11.2 Å². The fourth-order valence-electron chi connectivity index (χ4n) is 5.87. The maximum atomic E-state index is 14.0. The van der Waals surface area contributed by atoms with E-state index in [9.17, 15) is 22.8 Å². The van der Waals surface area contributed by atoms with Gasteiger partial charge in [-0.3, -0.25) is 18.7 Å². The highest BCUT2D eigenvalue weighted by Gasteiger charge is 2.30. The molecule has 0 saturated carbocycles. The van der Waals surface area contributed by atoms with Crippen molar-refractivity contribution in [2.75, 3.05) is 54.5 Å². The molecule has 1 atom stereocenters. The van der Waals surface area contributed by atoms with Crippen LogP contribution in [0.5, 0.6) is 0 Å². The van der Waals surface area contributed by atoms with Gasteiger partial charge in [-0.05, 0) is 38.8 Å². The van der Waals surface area contributed by atoms with Crippen LogP contribution in [0.3, 0.4) is 0 Å². The van der Waals surface area contributed by atoms with Gasteiger partial charge in [0, 0.05) is 51.4 Å². The molecule has 0 spiro atoms. The number of hydrogen-bond acceptors (Lipinski definition) is 10. The first kappa shape index (κ1) is 33.3. The Labute approximate surface area is 268 Å². The molecule has 2 aliphatic heterocycles. The topological polar surface area (TPSA) is 158 Å². The predicted octanol–water partition coefficient (Wildman–Crippen LogP) is 1.24. The van der Waals surface area contributed by atoms with Crippen LogP contribution >= 0.6 is 0 Å². The average Bonchev–Trinajstić information content (AvgIpc) is 3.41. The first-order valence-corrected chi connectivity index (χ1v) is 17.0. The smallest absolute Gasteiger partial charge is 0.332 e. The SMILES string of the molecule is C=CCS(=O)(=O)N(c1cccc(C(=O)Cn2c(=O)c3c(nc(N4CCCC(N)C4)n3CC=C(C)C)n(C)c2=O)c1)N1CCOCC1. The fourth-order valence-corrected chi connectivity index (χ4v) is 7.26. The predicted molar refractivity (Wildman–Crippen MR) is 178 cm³/mol. The zero-order valence-corrected chi connectivity index (χ0v) is 27.4. The van der Waals surface area contributed by atoms with E-state index in [1.54, 1.807) is 21.7 Å². The van der Waals surface area contributed by atoms with Crippen molar-refractivity contribution < 1.29 is 17.9 Å². The number of benzene rings is 1. The number of rotatable bonds is 11. The number of hydrogen-bond donors (Lipinski definition) is 1. The quantitative estimate of drug-likeness (QED) is 0.236. The van der Waals surface area contributed by atoms with Gasteiger partial charge in [-0.25, -0.2) is 18.2 Å². The van der Waals surface area contributed by atoms with E-state index in [0.717, 1.165) is 23.0 Å². The van der Waals surface area contributed by atoms with E-state index >= 15 is 0 Å². The molecule has 2 fully saturated rings. The lowest BCUT2D eigenvalue weighted by Crippen LogP contribution is -2.52. The zero-order chi connectivity index (χ0) is 33.2. The highest BCUT2D eigenvalue weighted by atomic mass is 32.2.